The number of hydrogen-bond acceptors (Lipinski definition) is 4. The van der Waals surface area contributed by atoms with Crippen LogP contribution in [0.1, 0.15) is 32.6 Å². The molecule has 1 aliphatic rings. The lowest BCUT2D eigenvalue weighted by Crippen LogP contribution is -2.34. The molecule has 104 valence electrons. The van der Waals surface area contributed by atoms with Crippen LogP contribution in [0.4, 0.5) is 5.69 Å². The number of aromatic nitrogens is 1. The van der Waals surface area contributed by atoms with Gasteiger partial charge in [0.1, 0.15) is 0 Å². The van der Waals surface area contributed by atoms with Gasteiger partial charge in [0.15, 0.2) is 0 Å². The molecule has 0 bridgehead atoms. The summed E-state index contributed by atoms with van der Waals surface area (Å²) >= 11 is 0. The number of carbonyl (C=O) groups excluding carboxylic acids is 1. The van der Waals surface area contributed by atoms with Crippen molar-refractivity contribution in [2.24, 2.45) is 0 Å². The maximum atomic E-state index is 11.7. The van der Waals surface area contributed by atoms with Crippen LogP contribution in [0.3, 0.4) is 0 Å². The van der Waals surface area contributed by atoms with Crippen LogP contribution in [0.25, 0.3) is 0 Å². The summed E-state index contributed by atoms with van der Waals surface area (Å²) in [6.45, 7) is 2.86. The number of amides is 1. The molecule has 0 radical (unpaired) electrons. The van der Waals surface area contributed by atoms with Gasteiger partial charge >= 0.3 is 0 Å². The first kappa shape index (κ1) is 13.8. The smallest absolute Gasteiger partial charge is 0.238 e. The lowest BCUT2D eigenvalue weighted by molar-refractivity contribution is -0.115. The van der Waals surface area contributed by atoms with Gasteiger partial charge in [-0.2, -0.15) is 0 Å². The van der Waals surface area contributed by atoms with Crippen molar-refractivity contribution in [1.29, 1.82) is 0 Å². The fraction of sp³-hybridized carbons (Fsp3) is 0.571. The number of rotatable bonds is 6. The van der Waals surface area contributed by atoms with E-state index in [0.717, 1.165) is 0 Å². The number of anilines is 1. The summed E-state index contributed by atoms with van der Waals surface area (Å²) in [5.41, 5.74) is 0.696. The zero-order valence-corrected chi connectivity index (χ0v) is 11.3. The van der Waals surface area contributed by atoms with E-state index in [1.54, 1.807) is 18.3 Å². The molecular weight excluding hydrogens is 242 g/mol. The van der Waals surface area contributed by atoms with E-state index in [-0.39, 0.29) is 5.91 Å². The highest BCUT2D eigenvalue weighted by molar-refractivity contribution is 5.92. The van der Waals surface area contributed by atoms with Gasteiger partial charge in [-0.15, -0.1) is 0 Å². The molecule has 0 unspecified atom stereocenters. The molecule has 5 nitrogen and oxygen atoms in total. The summed E-state index contributed by atoms with van der Waals surface area (Å²) in [7, 11) is 0. The standard InChI is InChI=1S/C14H21N3O2/c1-2-19-14-8-7-12(9-16-14)17-13(18)10-15-11-5-3-4-6-11/h7-9,11,15H,2-6,10H2,1H3,(H,17,18). The topological polar surface area (TPSA) is 63.2 Å². The Bertz CT molecular complexity index is 400. The van der Waals surface area contributed by atoms with Gasteiger partial charge < -0.3 is 15.4 Å². The molecule has 0 aromatic carbocycles. The van der Waals surface area contributed by atoms with Crippen LogP contribution < -0.4 is 15.4 Å². The molecule has 1 heterocycles. The molecule has 1 saturated carbocycles. The summed E-state index contributed by atoms with van der Waals surface area (Å²) in [6.07, 6.45) is 6.50. The highest BCUT2D eigenvalue weighted by Crippen LogP contribution is 2.17. The minimum absolute atomic E-state index is 0.0298. The molecule has 19 heavy (non-hydrogen) atoms. The summed E-state index contributed by atoms with van der Waals surface area (Å²) < 4.78 is 5.24. The molecule has 2 rings (SSSR count). The summed E-state index contributed by atoms with van der Waals surface area (Å²) in [6, 6.07) is 4.05. The second-order valence-electron chi connectivity index (χ2n) is 4.73. The van der Waals surface area contributed by atoms with Gasteiger partial charge in [0.05, 0.1) is 25.0 Å². The lowest BCUT2D eigenvalue weighted by Gasteiger charge is -2.11. The number of ether oxygens (including phenoxy) is 1. The van der Waals surface area contributed by atoms with Crippen molar-refractivity contribution in [1.82, 2.24) is 10.3 Å². The normalized spacial score (nSPS) is 15.4. The second-order valence-corrected chi connectivity index (χ2v) is 4.73. The highest BCUT2D eigenvalue weighted by atomic mass is 16.5. The Morgan fingerprint density at radius 1 is 1.42 bits per heavy atom. The number of nitrogens with one attached hydrogen (secondary N) is 2. The Balaban J connectivity index is 1.74. The minimum atomic E-state index is -0.0298. The van der Waals surface area contributed by atoms with Gasteiger partial charge in [-0.05, 0) is 25.8 Å². The van der Waals surface area contributed by atoms with Gasteiger partial charge in [-0.1, -0.05) is 12.8 Å². The SMILES string of the molecule is CCOc1ccc(NC(=O)CNC2CCCC2)cn1. The first-order valence-electron chi connectivity index (χ1n) is 6.90. The zero-order valence-electron chi connectivity index (χ0n) is 11.3. The molecule has 5 heteroatoms. The van der Waals surface area contributed by atoms with Gasteiger partial charge in [0.25, 0.3) is 0 Å². The van der Waals surface area contributed by atoms with E-state index in [9.17, 15) is 4.79 Å². The van der Waals surface area contributed by atoms with Crippen LogP contribution in [-0.4, -0.2) is 30.1 Å². The Hall–Kier alpha value is -1.62. The monoisotopic (exact) mass is 263 g/mol. The molecule has 0 saturated heterocycles. The number of hydrogen-bond donors (Lipinski definition) is 2. The van der Waals surface area contributed by atoms with Gasteiger partial charge in [-0.25, -0.2) is 4.98 Å². The van der Waals surface area contributed by atoms with Gasteiger partial charge in [0, 0.05) is 12.1 Å². The van der Waals surface area contributed by atoms with Crippen LogP contribution in [-0.2, 0) is 4.79 Å². The fourth-order valence-electron chi connectivity index (χ4n) is 2.26. The quantitative estimate of drug-likeness (QED) is 0.823. The maximum absolute atomic E-state index is 11.7. The van der Waals surface area contributed by atoms with E-state index < -0.39 is 0 Å². The van der Waals surface area contributed by atoms with Crippen molar-refractivity contribution in [3.05, 3.63) is 18.3 Å². The Morgan fingerprint density at radius 3 is 2.84 bits per heavy atom. The van der Waals surface area contributed by atoms with Crippen molar-refractivity contribution in [3.63, 3.8) is 0 Å². The van der Waals surface area contributed by atoms with Crippen molar-refractivity contribution in [2.75, 3.05) is 18.5 Å². The van der Waals surface area contributed by atoms with Crippen molar-refractivity contribution in [2.45, 2.75) is 38.6 Å². The van der Waals surface area contributed by atoms with E-state index in [0.29, 0.717) is 30.8 Å². The first-order chi connectivity index (χ1) is 9.28. The van der Waals surface area contributed by atoms with Crippen LogP contribution in [0, 0.1) is 0 Å². The first-order valence-corrected chi connectivity index (χ1v) is 6.90. The van der Waals surface area contributed by atoms with E-state index >= 15 is 0 Å². The molecule has 0 aliphatic heterocycles. The summed E-state index contributed by atoms with van der Waals surface area (Å²) in [5, 5.41) is 6.09. The predicted molar refractivity (Wildman–Crippen MR) is 74.3 cm³/mol. The summed E-state index contributed by atoms with van der Waals surface area (Å²) in [4.78, 5) is 15.8. The van der Waals surface area contributed by atoms with E-state index in [4.69, 9.17) is 4.74 Å². The van der Waals surface area contributed by atoms with E-state index in [1.807, 2.05) is 6.92 Å². The van der Waals surface area contributed by atoms with Crippen LogP contribution in [0.15, 0.2) is 18.3 Å². The average Bonchev–Trinajstić information content (AvgIpc) is 2.92. The third-order valence-electron chi connectivity index (χ3n) is 3.22. The van der Waals surface area contributed by atoms with E-state index in [2.05, 4.69) is 15.6 Å². The van der Waals surface area contributed by atoms with Crippen LogP contribution in [0.2, 0.25) is 0 Å². The third kappa shape index (κ3) is 4.52. The molecule has 0 atom stereocenters. The largest absolute Gasteiger partial charge is 0.478 e. The van der Waals surface area contributed by atoms with Crippen molar-refractivity contribution in [3.8, 4) is 5.88 Å². The van der Waals surface area contributed by atoms with Crippen LogP contribution >= 0.6 is 0 Å². The van der Waals surface area contributed by atoms with Gasteiger partial charge in [0.2, 0.25) is 11.8 Å². The highest BCUT2D eigenvalue weighted by Gasteiger charge is 2.15. The minimum Gasteiger partial charge on any atom is -0.478 e. The Morgan fingerprint density at radius 2 is 2.21 bits per heavy atom. The molecular formula is C14H21N3O2. The number of carbonyl (C=O) groups is 1. The van der Waals surface area contributed by atoms with Crippen molar-refractivity contribution < 1.29 is 9.53 Å². The summed E-state index contributed by atoms with van der Waals surface area (Å²) in [5.74, 6) is 0.544. The molecule has 2 N–H and O–H groups in total. The predicted octanol–water partition coefficient (Wildman–Crippen LogP) is 1.95. The molecule has 0 spiro atoms. The fourth-order valence-corrected chi connectivity index (χ4v) is 2.26. The Kier molecular flexibility index (Phi) is 5.15. The van der Waals surface area contributed by atoms with Crippen molar-refractivity contribution >= 4 is 11.6 Å². The van der Waals surface area contributed by atoms with Gasteiger partial charge in [-0.3, -0.25) is 4.79 Å². The molecule has 1 aliphatic carbocycles. The number of pyridine rings is 1. The number of nitrogens with zero attached hydrogens (tertiary/aromatic N) is 1. The lowest BCUT2D eigenvalue weighted by atomic mass is 10.2. The third-order valence-corrected chi connectivity index (χ3v) is 3.22. The molecule has 1 amide bonds. The molecule has 1 fully saturated rings. The molecule has 1 aromatic heterocycles. The maximum Gasteiger partial charge on any atom is 0.238 e. The molecule has 1 aromatic rings. The second kappa shape index (κ2) is 7.09. The van der Waals surface area contributed by atoms with Crippen LogP contribution in [0.5, 0.6) is 5.88 Å². The Labute approximate surface area is 113 Å². The van der Waals surface area contributed by atoms with E-state index in [1.165, 1.54) is 25.7 Å². The zero-order chi connectivity index (χ0) is 13.5. The average molecular weight is 263 g/mol.